The minimum atomic E-state index is -0.829. The Bertz CT molecular complexity index is 473. The molecule has 1 heterocycles. The lowest BCUT2D eigenvalue weighted by atomic mass is 9.86. The zero-order valence-corrected chi connectivity index (χ0v) is 11.3. The van der Waals surface area contributed by atoms with Gasteiger partial charge in [0.1, 0.15) is 11.9 Å². The second-order valence-corrected chi connectivity index (χ2v) is 5.68. The van der Waals surface area contributed by atoms with Crippen LogP contribution < -0.4 is 15.8 Å². The van der Waals surface area contributed by atoms with Gasteiger partial charge in [0.15, 0.2) is 0 Å². The van der Waals surface area contributed by atoms with Gasteiger partial charge < -0.3 is 15.8 Å². The molecule has 3 nitrogen and oxygen atoms in total. The number of nitrogens with one attached hydrogen (secondary N) is 1. The van der Waals surface area contributed by atoms with Gasteiger partial charge in [-0.2, -0.15) is 0 Å². The van der Waals surface area contributed by atoms with Crippen molar-refractivity contribution in [1.29, 1.82) is 0 Å². The first kappa shape index (κ1) is 12.7. The number of ether oxygens (including phenoxy) is 1. The Morgan fingerprint density at radius 1 is 1.32 bits per heavy atom. The molecule has 0 radical (unpaired) electrons. The zero-order valence-electron chi connectivity index (χ0n) is 11.3. The number of anilines is 1. The van der Waals surface area contributed by atoms with E-state index in [-0.39, 0.29) is 5.92 Å². The molecule has 104 valence electrons. The number of benzene rings is 1. The summed E-state index contributed by atoms with van der Waals surface area (Å²) < 4.78 is 19.9. The van der Waals surface area contributed by atoms with Crippen molar-refractivity contribution >= 4 is 5.69 Å². The molecule has 1 aromatic carbocycles. The molecule has 1 aromatic rings. The molecule has 2 fully saturated rings. The normalized spacial score (nSPS) is 27.3. The number of piperidine rings is 1. The number of hydrogen-bond acceptors (Lipinski definition) is 3. The second-order valence-electron chi connectivity index (χ2n) is 5.68. The standard InChI is InChI=1S/C15H21FN2O/c1-9-6-14(17)15(19-10-2-3-10)7-12(9)11-4-5-18-8-13(11)16/h6-7,10-11,13,18H,2-5,8,17H2,1H3. The van der Waals surface area contributed by atoms with Gasteiger partial charge in [-0.1, -0.05) is 0 Å². The molecule has 2 aliphatic rings. The van der Waals surface area contributed by atoms with Gasteiger partial charge in [-0.25, -0.2) is 4.39 Å². The van der Waals surface area contributed by atoms with Crippen LogP contribution in [0.4, 0.5) is 10.1 Å². The maximum Gasteiger partial charge on any atom is 0.142 e. The van der Waals surface area contributed by atoms with Crippen LogP contribution in [0.15, 0.2) is 12.1 Å². The summed E-state index contributed by atoms with van der Waals surface area (Å²) in [5.41, 5.74) is 8.78. The summed E-state index contributed by atoms with van der Waals surface area (Å²) in [5.74, 6) is 0.692. The first-order valence-corrected chi connectivity index (χ1v) is 7.06. The first-order chi connectivity index (χ1) is 9.15. The molecule has 1 saturated heterocycles. The van der Waals surface area contributed by atoms with E-state index in [9.17, 15) is 4.39 Å². The van der Waals surface area contributed by atoms with Crippen LogP contribution in [0.25, 0.3) is 0 Å². The summed E-state index contributed by atoms with van der Waals surface area (Å²) in [5, 5.41) is 3.09. The molecule has 1 aliphatic carbocycles. The molecule has 0 bridgehead atoms. The third kappa shape index (κ3) is 2.68. The fraction of sp³-hybridized carbons (Fsp3) is 0.600. The van der Waals surface area contributed by atoms with Crippen molar-refractivity contribution in [3.8, 4) is 5.75 Å². The predicted molar refractivity (Wildman–Crippen MR) is 74.4 cm³/mol. The van der Waals surface area contributed by atoms with E-state index >= 15 is 0 Å². The quantitative estimate of drug-likeness (QED) is 0.825. The maximum atomic E-state index is 14.1. The van der Waals surface area contributed by atoms with Gasteiger partial charge in [0.2, 0.25) is 0 Å². The Morgan fingerprint density at radius 3 is 2.79 bits per heavy atom. The Balaban J connectivity index is 1.90. The molecule has 3 N–H and O–H groups in total. The van der Waals surface area contributed by atoms with Crippen LogP contribution in [0, 0.1) is 6.92 Å². The topological polar surface area (TPSA) is 47.3 Å². The lowest BCUT2D eigenvalue weighted by Crippen LogP contribution is -2.37. The van der Waals surface area contributed by atoms with Crippen LogP contribution in [-0.2, 0) is 0 Å². The van der Waals surface area contributed by atoms with Gasteiger partial charge in [0, 0.05) is 12.5 Å². The van der Waals surface area contributed by atoms with Gasteiger partial charge >= 0.3 is 0 Å². The Kier molecular flexibility index (Phi) is 3.35. The zero-order chi connectivity index (χ0) is 13.4. The fourth-order valence-corrected chi connectivity index (χ4v) is 2.76. The third-order valence-electron chi connectivity index (χ3n) is 4.02. The largest absolute Gasteiger partial charge is 0.488 e. The number of nitrogen functional groups attached to an aromatic ring is 1. The molecule has 19 heavy (non-hydrogen) atoms. The summed E-state index contributed by atoms with van der Waals surface area (Å²) in [6.45, 7) is 3.31. The number of alkyl halides is 1. The summed E-state index contributed by atoms with van der Waals surface area (Å²) in [4.78, 5) is 0. The molecule has 0 amide bonds. The number of aryl methyl sites for hydroxylation is 1. The Morgan fingerprint density at radius 2 is 2.11 bits per heavy atom. The smallest absolute Gasteiger partial charge is 0.142 e. The van der Waals surface area contributed by atoms with Crippen molar-refractivity contribution in [1.82, 2.24) is 5.32 Å². The number of hydrogen-bond donors (Lipinski definition) is 2. The van der Waals surface area contributed by atoms with E-state index in [2.05, 4.69) is 5.32 Å². The molecule has 4 heteroatoms. The molecular weight excluding hydrogens is 243 g/mol. The summed E-state index contributed by atoms with van der Waals surface area (Å²) in [7, 11) is 0. The van der Waals surface area contributed by atoms with E-state index in [0.717, 1.165) is 42.7 Å². The van der Waals surface area contributed by atoms with E-state index in [1.807, 2.05) is 19.1 Å². The van der Waals surface area contributed by atoms with E-state index in [1.165, 1.54) is 0 Å². The highest BCUT2D eigenvalue weighted by Crippen LogP contribution is 2.37. The van der Waals surface area contributed by atoms with Crippen LogP contribution >= 0.6 is 0 Å². The van der Waals surface area contributed by atoms with Crippen LogP contribution in [0.1, 0.15) is 36.3 Å². The number of halogens is 1. The average Bonchev–Trinajstić information content (AvgIpc) is 3.18. The van der Waals surface area contributed by atoms with E-state index in [4.69, 9.17) is 10.5 Å². The van der Waals surface area contributed by atoms with E-state index < -0.39 is 6.17 Å². The molecule has 1 aliphatic heterocycles. The van der Waals surface area contributed by atoms with Crippen molar-refractivity contribution in [3.05, 3.63) is 23.3 Å². The van der Waals surface area contributed by atoms with Gasteiger partial charge in [0.05, 0.1) is 11.8 Å². The average molecular weight is 264 g/mol. The molecular formula is C15H21FN2O. The predicted octanol–water partition coefficient (Wildman–Crippen LogP) is 2.53. The maximum absolute atomic E-state index is 14.1. The molecule has 0 spiro atoms. The highest BCUT2D eigenvalue weighted by molar-refractivity contribution is 5.57. The lowest BCUT2D eigenvalue weighted by molar-refractivity contribution is 0.230. The Labute approximate surface area is 113 Å². The summed E-state index contributed by atoms with van der Waals surface area (Å²) in [6.07, 6.45) is 2.51. The minimum Gasteiger partial charge on any atom is -0.488 e. The summed E-state index contributed by atoms with van der Waals surface area (Å²) >= 11 is 0. The van der Waals surface area contributed by atoms with E-state index in [1.54, 1.807) is 0 Å². The van der Waals surface area contributed by atoms with Gasteiger partial charge in [0.25, 0.3) is 0 Å². The van der Waals surface area contributed by atoms with Crippen LogP contribution in [0.3, 0.4) is 0 Å². The highest BCUT2D eigenvalue weighted by atomic mass is 19.1. The molecule has 2 atom stereocenters. The van der Waals surface area contributed by atoms with Crippen LogP contribution in [0.2, 0.25) is 0 Å². The van der Waals surface area contributed by atoms with Crippen LogP contribution in [0.5, 0.6) is 5.75 Å². The van der Waals surface area contributed by atoms with Gasteiger partial charge in [-0.3, -0.25) is 0 Å². The highest BCUT2D eigenvalue weighted by Gasteiger charge is 2.29. The first-order valence-electron chi connectivity index (χ1n) is 7.06. The van der Waals surface area contributed by atoms with Crippen molar-refractivity contribution in [2.24, 2.45) is 0 Å². The van der Waals surface area contributed by atoms with Crippen molar-refractivity contribution in [3.63, 3.8) is 0 Å². The van der Waals surface area contributed by atoms with Crippen LogP contribution in [-0.4, -0.2) is 25.4 Å². The lowest BCUT2D eigenvalue weighted by Gasteiger charge is -2.28. The third-order valence-corrected chi connectivity index (χ3v) is 4.02. The van der Waals surface area contributed by atoms with Gasteiger partial charge in [-0.15, -0.1) is 0 Å². The monoisotopic (exact) mass is 264 g/mol. The molecule has 1 saturated carbocycles. The van der Waals surface area contributed by atoms with Gasteiger partial charge in [-0.05, 0) is 56.0 Å². The minimum absolute atomic E-state index is 0.0385. The van der Waals surface area contributed by atoms with Crippen molar-refractivity contribution in [2.45, 2.75) is 44.4 Å². The SMILES string of the molecule is Cc1cc(N)c(OC2CC2)cc1C1CCNCC1F. The molecule has 3 rings (SSSR count). The van der Waals surface area contributed by atoms with E-state index in [0.29, 0.717) is 18.3 Å². The summed E-state index contributed by atoms with van der Waals surface area (Å²) in [6, 6.07) is 3.88. The Hall–Kier alpha value is -1.29. The second kappa shape index (κ2) is 5.00. The van der Waals surface area contributed by atoms with Crippen molar-refractivity contribution in [2.75, 3.05) is 18.8 Å². The molecule has 0 aromatic heterocycles. The van der Waals surface area contributed by atoms with Crippen molar-refractivity contribution < 1.29 is 9.13 Å². The molecule has 2 unspecified atom stereocenters. The fourth-order valence-electron chi connectivity index (χ4n) is 2.76. The number of rotatable bonds is 3. The number of nitrogens with two attached hydrogens (primary N) is 1.